The largest absolute Gasteiger partial charge is 0.471 e. The summed E-state index contributed by atoms with van der Waals surface area (Å²) in [5, 5.41) is 4.44. The van der Waals surface area contributed by atoms with Gasteiger partial charge in [0.15, 0.2) is 12.4 Å². The lowest BCUT2D eigenvalue weighted by Gasteiger charge is -2.34. The average Bonchev–Trinajstić information content (AvgIpc) is 3.28. The summed E-state index contributed by atoms with van der Waals surface area (Å²) in [7, 11) is 0. The molecule has 6 nitrogen and oxygen atoms in total. The minimum Gasteiger partial charge on any atom is -0.471 e. The maximum Gasteiger partial charge on any atom is 0.274 e. The molecule has 1 amide bonds. The second-order valence-corrected chi connectivity index (χ2v) is 9.84. The zero-order valence-electron chi connectivity index (χ0n) is 20.1. The summed E-state index contributed by atoms with van der Waals surface area (Å²) in [5.74, 6) is 0.773. The molecule has 2 heterocycles. The SMILES string of the molecule is Cc1ccc(CN2CCN(C(=O)c3ccn(COc4ccc(C(C)(C)C)cc4)n3)CC2)cc1. The van der Waals surface area contributed by atoms with Crippen LogP contribution in [0, 0.1) is 6.92 Å². The fourth-order valence-corrected chi connectivity index (χ4v) is 3.96. The Morgan fingerprint density at radius 2 is 1.61 bits per heavy atom. The molecule has 0 atom stereocenters. The van der Waals surface area contributed by atoms with Gasteiger partial charge in [0.05, 0.1) is 0 Å². The van der Waals surface area contributed by atoms with E-state index in [-0.39, 0.29) is 18.1 Å². The Morgan fingerprint density at radius 1 is 0.939 bits per heavy atom. The van der Waals surface area contributed by atoms with Crippen LogP contribution in [0.2, 0.25) is 0 Å². The van der Waals surface area contributed by atoms with E-state index in [9.17, 15) is 4.79 Å². The van der Waals surface area contributed by atoms with Crippen LogP contribution in [0.25, 0.3) is 0 Å². The number of nitrogens with zero attached hydrogens (tertiary/aromatic N) is 4. The third-order valence-corrected chi connectivity index (χ3v) is 6.13. The summed E-state index contributed by atoms with van der Waals surface area (Å²) >= 11 is 0. The van der Waals surface area contributed by atoms with Crippen LogP contribution in [-0.2, 0) is 18.7 Å². The highest BCUT2D eigenvalue weighted by Gasteiger charge is 2.23. The molecule has 0 N–H and O–H groups in total. The van der Waals surface area contributed by atoms with Gasteiger partial charge in [0.2, 0.25) is 0 Å². The number of carbonyl (C=O) groups is 1. The Hall–Kier alpha value is -3.12. The van der Waals surface area contributed by atoms with E-state index in [0.29, 0.717) is 18.8 Å². The van der Waals surface area contributed by atoms with Crippen LogP contribution in [0.15, 0.2) is 60.8 Å². The number of hydrogen-bond donors (Lipinski definition) is 0. The van der Waals surface area contributed by atoms with Crippen LogP contribution >= 0.6 is 0 Å². The van der Waals surface area contributed by atoms with Gasteiger partial charge in [-0.2, -0.15) is 5.10 Å². The maximum absolute atomic E-state index is 12.9. The van der Waals surface area contributed by atoms with Gasteiger partial charge in [-0.25, -0.2) is 4.68 Å². The summed E-state index contributed by atoms with van der Waals surface area (Å²) in [6.45, 7) is 13.0. The van der Waals surface area contributed by atoms with Crippen LogP contribution in [0.1, 0.15) is 48.0 Å². The van der Waals surface area contributed by atoms with E-state index in [4.69, 9.17) is 4.74 Å². The van der Waals surface area contributed by atoms with E-state index in [1.54, 1.807) is 16.9 Å². The standard InChI is InChI=1S/C27H34N4O2/c1-21-5-7-22(8-6-21)19-29-15-17-30(18-16-29)26(32)25-13-14-31(28-25)20-33-24-11-9-23(10-12-24)27(2,3)4/h5-14H,15-20H2,1-4H3. The number of amides is 1. The molecular weight excluding hydrogens is 412 g/mol. The summed E-state index contributed by atoms with van der Waals surface area (Å²) in [5.41, 5.74) is 4.43. The first-order valence-corrected chi connectivity index (χ1v) is 11.6. The van der Waals surface area contributed by atoms with Crippen molar-refractivity contribution in [1.29, 1.82) is 0 Å². The van der Waals surface area contributed by atoms with Crippen LogP contribution in [-0.4, -0.2) is 51.7 Å². The molecule has 1 aromatic heterocycles. The zero-order valence-corrected chi connectivity index (χ0v) is 20.1. The topological polar surface area (TPSA) is 50.6 Å². The molecule has 2 aromatic carbocycles. The first-order valence-electron chi connectivity index (χ1n) is 11.6. The van der Waals surface area contributed by atoms with Gasteiger partial charge in [-0.05, 0) is 41.7 Å². The third kappa shape index (κ3) is 6.02. The lowest BCUT2D eigenvalue weighted by Crippen LogP contribution is -2.48. The van der Waals surface area contributed by atoms with E-state index < -0.39 is 0 Å². The van der Waals surface area contributed by atoms with E-state index in [2.05, 4.69) is 74.1 Å². The zero-order chi connectivity index (χ0) is 23.4. The lowest BCUT2D eigenvalue weighted by molar-refractivity contribution is 0.0621. The van der Waals surface area contributed by atoms with Gasteiger partial charge in [-0.1, -0.05) is 62.7 Å². The number of piperazine rings is 1. The molecule has 33 heavy (non-hydrogen) atoms. The molecule has 1 aliphatic rings. The molecule has 0 unspecified atom stereocenters. The molecule has 1 fully saturated rings. The Labute approximate surface area is 196 Å². The number of aromatic nitrogens is 2. The number of ether oxygens (including phenoxy) is 1. The molecule has 0 saturated carbocycles. The van der Waals surface area contributed by atoms with E-state index in [1.807, 2.05) is 17.0 Å². The van der Waals surface area contributed by atoms with Crippen LogP contribution in [0.3, 0.4) is 0 Å². The second-order valence-electron chi connectivity index (χ2n) is 9.84. The number of benzene rings is 2. The number of aryl methyl sites for hydroxylation is 1. The lowest BCUT2D eigenvalue weighted by atomic mass is 9.87. The van der Waals surface area contributed by atoms with E-state index in [1.165, 1.54) is 16.7 Å². The van der Waals surface area contributed by atoms with Crippen molar-refractivity contribution in [2.45, 2.75) is 46.4 Å². The van der Waals surface area contributed by atoms with E-state index in [0.717, 1.165) is 25.4 Å². The van der Waals surface area contributed by atoms with Crippen molar-refractivity contribution < 1.29 is 9.53 Å². The molecule has 0 spiro atoms. The highest BCUT2D eigenvalue weighted by Crippen LogP contribution is 2.24. The van der Waals surface area contributed by atoms with Crippen LogP contribution in [0.4, 0.5) is 0 Å². The summed E-state index contributed by atoms with van der Waals surface area (Å²) in [6.07, 6.45) is 1.80. The Kier molecular flexibility index (Phi) is 6.84. The monoisotopic (exact) mass is 446 g/mol. The number of rotatable bonds is 6. The summed E-state index contributed by atoms with van der Waals surface area (Å²) in [6, 6.07) is 18.6. The van der Waals surface area contributed by atoms with Gasteiger partial charge in [-0.15, -0.1) is 0 Å². The molecule has 0 radical (unpaired) electrons. The van der Waals surface area contributed by atoms with Crippen molar-refractivity contribution in [3.63, 3.8) is 0 Å². The van der Waals surface area contributed by atoms with Gasteiger partial charge >= 0.3 is 0 Å². The van der Waals surface area contributed by atoms with Crippen LogP contribution < -0.4 is 4.74 Å². The van der Waals surface area contributed by atoms with E-state index >= 15 is 0 Å². The highest BCUT2D eigenvalue weighted by molar-refractivity contribution is 5.92. The Balaban J connectivity index is 1.26. The van der Waals surface area contributed by atoms with Crippen molar-refractivity contribution in [3.05, 3.63) is 83.2 Å². The van der Waals surface area contributed by atoms with Crippen molar-refractivity contribution in [1.82, 2.24) is 19.6 Å². The molecule has 3 aromatic rings. The molecule has 0 aliphatic carbocycles. The van der Waals surface area contributed by atoms with Crippen molar-refractivity contribution in [2.75, 3.05) is 26.2 Å². The fraction of sp³-hybridized carbons (Fsp3) is 0.407. The molecule has 1 saturated heterocycles. The number of carbonyl (C=O) groups excluding carboxylic acids is 1. The molecule has 0 bridgehead atoms. The number of hydrogen-bond acceptors (Lipinski definition) is 4. The van der Waals surface area contributed by atoms with Gasteiger partial charge in [0.1, 0.15) is 5.75 Å². The predicted molar refractivity (Wildman–Crippen MR) is 130 cm³/mol. The minimum absolute atomic E-state index is 0.0155. The second kappa shape index (κ2) is 9.79. The normalized spacial score (nSPS) is 15.0. The van der Waals surface area contributed by atoms with Crippen LogP contribution in [0.5, 0.6) is 5.75 Å². The van der Waals surface area contributed by atoms with Gasteiger partial charge in [0.25, 0.3) is 5.91 Å². The first kappa shape index (κ1) is 23.1. The van der Waals surface area contributed by atoms with Crippen molar-refractivity contribution in [3.8, 4) is 5.75 Å². The predicted octanol–water partition coefficient (Wildman–Crippen LogP) is 4.48. The highest BCUT2D eigenvalue weighted by atomic mass is 16.5. The van der Waals surface area contributed by atoms with Crippen molar-refractivity contribution >= 4 is 5.91 Å². The molecule has 174 valence electrons. The molecular formula is C27H34N4O2. The minimum atomic E-state index is -0.0155. The Bertz CT molecular complexity index is 1060. The first-order chi connectivity index (χ1) is 15.8. The van der Waals surface area contributed by atoms with Gasteiger partial charge in [0, 0.05) is 38.9 Å². The Morgan fingerprint density at radius 3 is 2.24 bits per heavy atom. The third-order valence-electron chi connectivity index (χ3n) is 6.13. The summed E-state index contributed by atoms with van der Waals surface area (Å²) in [4.78, 5) is 17.2. The smallest absolute Gasteiger partial charge is 0.274 e. The molecule has 4 rings (SSSR count). The quantitative estimate of drug-likeness (QED) is 0.560. The van der Waals surface area contributed by atoms with Crippen molar-refractivity contribution in [2.24, 2.45) is 0 Å². The average molecular weight is 447 g/mol. The fourth-order valence-electron chi connectivity index (χ4n) is 3.96. The maximum atomic E-state index is 12.9. The molecule has 1 aliphatic heterocycles. The molecule has 6 heteroatoms. The summed E-state index contributed by atoms with van der Waals surface area (Å²) < 4.78 is 7.51. The van der Waals surface area contributed by atoms with Gasteiger partial charge in [-0.3, -0.25) is 9.69 Å². The van der Waals surface area contributed by atoms with Gasteiger partial charge < -0.3 is 9.64 Å².